The zero-order valence-corrected chi connectivity index (χ0v) is 12.8. The number of carbonyl (C=O) groups excluding carboxylic acids is 1. The van der Waals surface area contributed by atoms with Crippen molar-refractivity contribution in [2.24, 2.45) is 23.2 Å². The Kier molecular flexibility index (Phi) is 3.41. The molecule has 1 heterocycles. The molecule has 112 valence electrons. The van der Waals surface area contributed by atoms with E-state index in [1.807, 2.05) is 0 Å². The first-order chi connectivity index (χ1) is 9.73. The van der Waals surface area contributed by atoms with Gasteiger partial charge in [-0.3, -0.25) is 9.69 Å². The predicted octanol–water partition coefficient (Wildman–Crippen LogP) is 3.65. The van der Waals surface area contributed by atoms with E-state index in [-0.39, 0.29) is 5.41 Å². The molecule has 2 heteroatoms. The predicted molar refractivity (Wildman–Crippen MR) is 80.5 cm³/mol. The molecule has 0 radical (unpaired) electrons. The molecule has 1 saturated heterocycles. The van der Waals surface area contributed by atoms with Crippen molar-refractivity contribution in [3.8, 4) is 0 Å². The lowest BCUT2D eigenvalue weighted by Gasteiger charge is -2.48. The largest absolute Gasteiger partial charge is 0.298 e. The van der Waals surface area contributed by atoms with E-state index < -0.39 is 0 Å². The number of likely N-dealkylation sites (tertiary alicyclic amines) is 1. The van der Waals surface area contributed by atoms with E-state index >= 15 is 0 Å². The summed E-state index contributed by atoms with van der Waals surface area (Å²) < 4.78 is 0. The van der Waals surface area contributed by atoms with Crippen molar-refractivity contribution >= 4 is 5.78 Å². The Bertz CT molecular complexity index is 369. The smallest absolute Gasteiger partial charge is 0.152 e. The van der Waals surface area contributed by atoms with Gasteiger partial charge in [0.1, 0.15) is 0 Å². The van der Waals surface area contributed by atoms with Crippen LogP contribution in [0.1, 0.15) is 64.2 Å². The first-order valence-corrected chi connectivity index (χ1v) is 8.99. The van der Waals surface area contributed by atoms with Gasteiger partial charge < -0.3 is 0 Å². The van der Waals surface area contributed by atoms with Crippen LogP contribution in [0.15, 0.2) is 0 Å². The van der Waals surface area contributed by atoms with Crippen LogP contribution in [0.4, 0.5) is 0 Å². The van der Waals surface area contributed by atoms with Gasteiger partial charge in [-0.1, -0.05) is 19.3 Å². The summed E-state index contributed by atoms with van der Waals surface area (Å²) in [6.45, 7) is 3.10. The van der Waals surface area contributed by atoms with Crippen LogP contribution in [0.5, 0.6) is 0 Å². The van der Waals surface area contributed by atoms with E-state index in [2.05, 4.69) is 4.90 Å². The molecule has 5 fully saturated rings. The molecular weight excluding hydrogens is 246 g/mol. The molecular formula is C18H29NO. The third kappa shape index (κ3) is 2.34. The first-order valence-electron chi connectivity index (χ1n) is 8.99. The number of rotatable bonds is 3. The Morgan fingerprint density at radius 2 is 1.50 bits per heavy atom. The fourth-order valence-electron chi connectivity index (χ4n) is 6.02. The zero-order chi connectivity index (χ0) is 13.6. The zero-order valence-electron chi connectivity index (χ0n) is 12.8. The van der Waals surface area contributed by atoms with Gasteiger partial charge in [-0.25, -0.2) is 0 Å². The molecule has 0 aromatic heterocycles. The number of fused-ring (bicyclic) bond motifs is 1. The van der Waals surface area contributed by atoms with Gasteiger partial charge in [0.25, 0.3) is 0 Å². The van der Waals surface area contributed by atoms with Crippen molar-refractivity contribution in [2.45, 2.75) is 64.2 Å². The van der Waals surface area contributed by atoms with Gasteiger partial charge >= 0.3 is 0 Å². The Balaban J connectivity index is 1.49. The van der Waals surface area contributed by atoms with Gasteiger partial charge in [0.2, 0.25) is 0 Å². The maximum absolute atomic E-state index is 13.1. The lowest BCUT2D eigenvalue weighted by atomic mass is 9.57. The molecule has 4 bridgehead atoms. The molecule has 0 aromatic rings. The maximum atomic E-state index is 13.1. The Morgan fingerprint density at radius 3 is 2.15 bits per heavy atom. The molecule has 2 nitrogen and oxygen atoms in total. The summed E-state index contributed by atoms with van der Waals surface area (Å²) in [5.74, 6) is 3.28. The fraction of sp³-hybridized carbons (Fsp3) is 0.944. The lowest BCUT2D eigenvalue weighted by Crippen LogP contribution is -2.48. The maximum Gasteiger partial charge on any atom is 0.152 e. The molecule has 2 unspecified atom stereocenters. The quantitative estimate of drug-likeness (QED) is 0.783. The molecule has 0 spiro atoms. The van der Waals surface area contributed by atoms with Gasteiger partial charge in [-0.05, 0) is 75.8 Å². The number of hydrogen-bond donors (Lipinski definition) is 0. The van der Waals surface area contributed by atoms with Crippen molar-refractivity contribution in [1.82, 2.24) is 4.90 Å². The van der Waals surface area contributed by atoms with E-state index in [9.17, 15) is 4.79 Å². The van der Waals surface area contributed by atoms with Crippen molar-refractivity contribution in [3.05, 3.63) is 0 Å². The van der Waals surface area contributed by atoms with E-state index in [1.54, 1.807) is 0 Å². The van der Waals surface area contributed by atoms with Crippen LogP contribution in [0.25, 0.3) is 0 Å². The lowest BCUT2D eigenvalue weighted by molar-refractivity contribution is -0.137. The molecule has 4 aliphatic carbocycles. The van der Waals surface area contributed by atoms with Crippen LogP contribution in [-0.2, 0) is 4.79 Å². The number of carbonyl (C=O) groups is 1. The first kappa shape index (κ1) is 13.3. The third-order valence-electron chi connectivity index (χ3n) is 6.76. The van der Waals surface area contributed by atoms with Gasteiger partial charge in [0, 0.05) is 5.41 Å². The fourth-order valence-corrected chi connectivity index (χ4v) is 6.02. The van der Waals surface area contributed by atoms with Gasteiger partial charge in [0.05, 0.1) is 6.54 Å². The minimum absolute atomic E-state index is 0.116. The van der Waals surface area contributed by atoms with Crippen LogP contribution >= 0.6 is 0 Å². The van der Waals surface area contributed by atoms with Gasteiger partial charge in [-0.15, -0.1) is 0 Å². The minimum atomic E-state index is 0.116. The molecule has 0 amide bonds. The summed E-state index contributed by atoms with van der Waals surface area (Å²) in [6.07, 6.45) is 13.4. The van der Waals surface area contributed by atoms with Crippen LogP contribution in [0, 0.1) is 23.2 Å². The van der Waals surface area contributed by atoms with Gasteiger partial charge in [0.15, 0.2) is 5.78 Å². The number of nitrogens with zero attached hydrogens (tertiary/aromatic N) is 1. The van der Waals surface area contributed by atoms with Crippen LogP contribution in [0.3, 0.4) is 0 Å². The molecule has 1 aliphatic heterocycles. The summed E-state index contributed by atoms with van der Waals surface area (Å²) in [7, 11) is 0. The Hall–Kier alpha value is -0.370. The Labute approximate surface area is 123 Å². The van der Waals surface area contributed by atoms with Crippen LogP contribution in [0.2, 0.25) is 0 Å². The molecule has 0 aromatic carbocycles. The number of ketones is 1. The minimum Gasteiger partial charge on any atom is -0.298 e. The number of piperidine rings is 1. The second-order valence-corrected chi connectivity index (χ2v) is 8.30. The highest BCUT2D eigenvalue weighted by atomic mass is 16.1. The summed E-state index contributed by atoms with van der Waals surface area (Å²) in [6, 6.07) is 0. The highest BCUT2D eigenvalue weighted by Crippen LogP contribution is 2.58. The van der Waals surface area contributed by atoms with Crippen LogP contribution < -0.4 is 0 Å². The van der Waals surface area contributed by atoms with Gasteiger partial charge in [-0.2, -0.15) is 0 Å². The summed E-state index contributed by atoms with van der Waals surface area (Å²) >= 11 is 0. The van der Waals surface area contributed by atoms with Crippen molar-refractivity contribution in [2.75, 3.05) is 19.6 Å². The number of Topliss-reactive ketones (excluding diaryl/α,β-unsaturated/α-hetero) is 1. The molecule has 0 N–H and O–H groups in total. The van der Waals surface area contributed by atoms with E-state index in [0.717, 1.165) is 37.4 Å². The number of hydrogen-bond acceptors (Lipinski definition) is 2. The summed E-state index contributed by atoms with van der Waals surface area (Å²) in [5.41, 5.74) is 0.116. The molecule has 4 saturated carbocycles. The molecule has 20 heavy (non-hydrogen) atoms. The topological polar surface area (TPSA) is 20.3 Å². The standard InChI is InChI=1S/C18H29NO/c20-17(13-19-6-2-1-3-7-19)18-10-14-4-5-15(11-18)9-16(8-14)12-18/h14-16H,1-13H2. The van der Waals surface area contributed by atoms with E-state index in [0.29, 0.717) is 5.78 Å². The molecule has 5 aliphatic rings. The SMILES string of the molecule is O=C(CN1CCCCC1)C12CC3CCC(CC(C3)C1)C2. The highest BCUT2D eigenvalue weighted by molar-refractivity contribution is 5.87. The monoisotopic (exact) mass is 275 g/mol. The van der Waals surface area contributed by atoms with Crippen molar-refractivity contribution in [3.63, 3.8) is 0 Å². The second-order valence-electron chi connectivity index (χ2n) is 8.30. The van der Waals surface area contributed by atoms with Crippen LogP contribution in [-0.4, -0.2) is 30.3 Å². The second kappa shape index (κ2) is 5.12. The normalized spacial score (nSPS) is 44.5. The van der Waals surface area contributed by atoms with E-state index in [4.69, 9.17) is 0 Å². The van der Waals surface area contributed by atoms with Crippen molar-refractivity contribution in [1.29, 1.82) is 0 Å². The summed E-state index contributed by atoms with van der Waals surface area (Å²) in [4.78, 5) is 15.5. The molecule has 2 atom stereocenters. The third-order valence-corrected chi connectivity index (χ3v) is 6.76. The highest BCUT2D eigenvalue weighted by Gasteiger charge is 2.52. The average Bonchev–Trinajstić information content (AvgIpc) is 2.66. The molecule has 5 rings (SSSR count). The average molecular weight is 275 g/mol. The Morgan fingerprint density at radius 1 is 0.900 bits per heavy atom. The van der Waals surface area contributed by atoms with E-state index in [1.165, 1.54) is 64.2 Å². The van der Waals surface area contributed by atoms with Crippen molar-refractivity contribution < 1.29 is 4.79 Å². The summed E-state index contributed by atoms with van der Waals surface area (Å²) in [5, 5.41) is 0.